The molecule has 0 bridgehead atoms. The third kappa shape index (κ3) is 8.98. The Bertz CT molecular complexity index is 227. The van der Waals surface area contributed by atoms with Crippen LogP contribution in [-0.2, 0) is 4.74 Å². The van der Waals surface area contributed by atoms with Crippen molar-refractivity contribution < 1.29 is 9.53 Å². The van der Waals surface area contributed by atoms with Crippen molar-refractivity contribution in [3.63, 3.8) is 0 Å². The fourth-order valence-electron chi connectivity index (χ4n) is 1.41. The van der Waals surface area contributed by atoms with Crippen LogP contribution in [0.2, 0.25) is 0 Å². The van der Waals surface area contributed by atoms with Crippen LogP contribution in [0.1, 0.15) is 47.5 Å². The van der Waals surface area contributed by atoms with Crippen LogP contribution in [0, 0.1) is 11.3 Å². The molecule has 0 aliphatic carbocycles. The van der Waals surface area contributed by atoms with E-state index in [9.17, 15) is 4.79 Å². The van der Waals surface area contributed by atoms with Gasteiger partial charge in [-0.05, 0) is 44.6 Å². The molecule has 1 unspecified atom stereocenters. The van der Waals surface area contributed by atoms with Crippen LogP contribution in [0.4, 0.5) is 4.79 Å². The SMILES string of the molecule is CC(CN)CCC(C)(C)CNC(=O)OC(C)C. The maximum Gasteiger partial charge on any atom is 0.407 e. The first-order valence-corrected chi connectivity index (χ1v) is 6.41. The van der Waals surface area contributed by atoms with Crippen LogP contribution in [0.3, 0.4) is 0 Å². The highest BCUT2D eigenvalue weighted by Gasteiger charge is 2.20. The summed E-state index contributed by atoms with van der Waals surface area (Å²) in [6.45, 7) is 11.5. The topological polar surface area (TPSA) is 64.3 Å². The minimum absolute atomic E-state index is 0.0737. The number of hydrogen-bond acceptors (Lipinski definition) is 3. The minimum atomic E-state index is -0.333. The molecular weight excluding hydrogens is 216 g/mol. The van der Waals surface area contributed by atoms with Crippen LogP contribution in [0.5, 0.6) is 0 Å². The van der Waals surface area contributed by atoms with Gasteiger partial charge in [0.05, 0.1) is 6.10 Å². The molecule has 17 heavy (non-hydrogen) atoms. The number of carbonyl (C=O) groups is 1. The minimum Gasteiger partial charge on any atom is -0.447 e. The molecule has 4 nitrogen and oxygen atoms in total. The lowest BCUT2D eigenvalue weighted by atomic mass is 9.85. The van der Waals surface area contributed by atoms with Gasteiger partial charge in [-0.2, -0.15) is 0 Å². The van der Waals surface area contributed by atoms with Crippen LogP contribution < -0.4 is 11.1 Å². The van der Waals surface area contributed by atoms with Gasteiger partial charge in [-0.15, -0.1) is 0 Å². The Kier molecular flexibility index (Phi) is 7.19. The van der Waals surface area contributed by atoms with E-state index >= 15 is 0 Å². The van der Waals surface area contributed by atoms with Gasteiger partial charge in [0, 0.05) is 6.54 Å². The fraction of sp³-hybridized carbons (Fsp3) is 0.923. The Hall–Kier alpha value is -0.770. The van der Waals surface area contributed by atoms with Crippen molar-refractivity contribution in [2.24, 2.45) is 17.1 Å². The summed E-state index contributed by atoms with van der Waals surface area (Å²) >= 11 is 0. The van der Waals surface area contributed by atoms with Gasteiger partial charge in [0.25, 0.3) is 0 Å². The molecular formula is C13H28N2O2. The second-order valence-corrected chi connectivity index (χ2v) is 5.85. The standard InChI is InChI=1S/C13H28N2O2/c1-10(2)17-12(16)15-9-13(4,5)7-6-11(3)8-14/h10-11H,6-9,14H2,1-5H3,(H,15,16). The number of ether oxygens (including phenoxy) is 1. The Morgan fingerprint density at radius 2 is 1.94 bits per heavy atom. The molecule has 0 aromatic rings. The van der Waals surface area contributed by atoms with Gasteiger partial charge in [-0.3, -0.25) is 0 Å². The summed E-state index contributed by atoms with van der Waals surface area (Å²) in [6.07, 6.45) is 1.73. The molecule has 4 heteroatoms. The number of amides is 1. The largest absolute Gasteiger partial charge is 0.447 e. The van der Waals surface area contributed by atoms with Gasteiger partial charge in [0.15, 0.2) is 0 Å². The molecule has 102 valence electrons. The molecule has 0 rings (SSSR count). The molecule has 0 spiro atoms. The van der Waals surface area contributed by atoms with E-state index in [4.69, 9.17) is 10.5 Å². The van der Waals surface area contributed by atoms with E-state index in [1.54, 1.807) is 0 Å². The van der Waals surface area contributed by atoms with Crippen molar-refractivity contribution in [2.45, 2.75) is 53.6 Å². The molecule has 0 aromatic heterocycles. The zero-order valence-corrected chi connectivity index (χ0v) is 11.9. The Morgan fingerprint density at radius 3 is 2.41 bits per heavy atom. The van der Waals surface area contributed by atoms with Gasteiger partial charge in [0.1, 0.15) is 0 Å². The van der Waals surface area contributed by atoms with Crippen LogP contribution in [0.25, 0.3) is 0 Å². The molecule has 3 N–H and O–H groups in total. The molecule has 0 heterocycles. The third-order valence-corrected chi connectivity index (χ3v) is 2.77. The quantitative estimate of drug-likeness (QED) is 0.723. The second-order valence-electron chi connectivity index (χ2n) is 5.85. The molecule has 0 radical (unpaired) electrons. The maximum absolute atomic E-state index is 11.3. The van der Waals surface area contributed by atoms with Crippen LogP contribution >= 0.6 is 0 Å². The summed E-state index contributed by atoms with van der Waals surface area (Å²) < 4.78 is 5.02. The smallest absolute Gasteiger partial charge is 0.407 e. The van der Waals surface area contributed by atoms with E-state index < -0.39 is 0 Å². The normalized spacial score (nSPS) is 13.6. The maximum atomic E-state index is 11.3. The molecule has 1 atom stereocenters. The lowest BCUT2D eigenvalue weighted by molar-refractivity contribution is 0.111. The molecule has 0 saturated heterocycles. The zero-order valence-electron chi connectivity index (χ0n) is 11.9. The Balaban J connectivity index is 3.88. The number of rotatable bonds is 7. The first-order valence-electron chi connectivity index (χ1n) is 6.41. The molecule has 0 saturated carbocycles. The molecule has 1 amide bonds. The van der Waals surface area contributed by atoms with Crippen molar-refractivity contribution in [3.8, 4) is 0 Å². The second kappa shape index (κ2) is 7.54. The number of nitrogens with two attached hydrogens (primary N) is 1. The third-order valence-electron chi connectivity index (χ3n) is 2.77. The highest BCUT2D eigenvalue weighted by Crippen LogP contribution is 2.23. The summed E-state index contributed by atoms with van der Waals surface area (Å²) in [6, 6.07) is 0. The lowest BCUT2D eigenvalue weighted by Crippen LogP contribution is -2.35. The van der Waals surface area contributed by atoms with Gasteiger partial charge < -0.3 is 15.8 Å². The van der Waals surface area contributed by atoms with E-state index in [1.807, 2.05) is 13.8 Å². The summed E-state index contributed by atoms with van der Waals surface area (Å²) in [5, 5.41) is 2.80. The van der Waals surface area contributed by atoms with Crippen LogP contribution in [0.15, 0.2) is 0 Å². The predicted octanol–water partition coefficient (Wildman–Crippen LogP) is 2.52. The lowest BCUT2D eigenvalue weighted by Gasteiger charge is -2.26. The average Bonchev–Trinajstić information content (AvgIpc) is 2.22. The van der Waals surface area contributed by atoms with Crippen molar-refractivity contribution in [1.82, 2.24) is 5.32 Å². The molecule has 0 aliphatic rings. The number of carbonyl (C=O) groups excluding carboxylic acids is 1. The highest BCUT2D eigenvalue weighted by molar-refractivity contribution is 5.67. The Morgan fingerprint density at radius 1 is 1.35 bits per heavy atom. The average molecular weight is 244 g/mol. The summed E-state index contributed by atoms with van der Waals surface area (Å²) in [7, 11) is 0. The highest BCUT2D eigenvalue weighted by atomic mass is 16.6. The number of alkyl carbamates (subject to hydrolysis) is 1. The Labute approximate surface area is 105 Å². The predicted molar refractivity (Wildman–Crippen MR) is 70.9 cm³/mol. The number of nitrogens with one attached hydrogen (secondary N) is 1. The van der Waals surface area contributed by atoms with Gasteiger partial charge in [-0.25, -0.2) is 4.79 Å². The van der Waals surface area contributed by atoms with Crippen molar-refractivity contribution in [2.75, 3.05) is 13.1 Å². The van der Waals surface area contributed by atoms with E-state index in [0.29, 0.717) is 12.5 Å². The first kappa shape index (κ1) is 16.2. The van der Waals surface area contributed by atoms with E-state index in [1.165, 1.54) is 0 Å². The first-order chi connectivity index (χ1) is 7.76. The van der Waals surface area contributed by atoms with E-state index in [0.717, 1.165) is 19.4 Å². The van der Waals surface area contributed by atoms with Crippen LogP contribution in [-0.4, -0.2) is 25.3 Å². The molecule has 0 aromatic carbocycles. The molecule has 0 aliphatic heterocycles. The fourth-order valence-corrected chi connectivity index (χ4v) is 1.41. The summed E-state index contributed by atoms with van der Waals surface area (Å²) in [5.41, 5.74) is 5.67. The van der Waals surface area contributed by atoms with Gasteiger partial charge >= 0.3 is 6.09 Å². The van der Waals surface area contributed by atoms with E-state index in [-0.39, 0.29) is 17.6 Å². The van der Waals surface area contributed by atoms with Crippen molar-refractivity contribution in [1.29, 1.82) is 0 Å². The summed E-state index contributed by atoms with van der Waals surface area (Å²) in [4.78, 5) is 11.3. The van der Waals surface area contributed by atoms with Gasteiger partial charge in [-0.1, -0.05) is 20.8 Å². The van der Waals surface area contributed by atoms with Crippen molar-refractivity contribution >= 4 is 6.09 Å². The van der Waals surface area contributed by atoms with E-state index in [2.05, 4.69) is 26.1 Å². The zero-order chi connectivity index (χ0) is 13.5. The van der Waals surface area contributed by atoms with Crippen molar-refractivity contribution in [3.05, 3.63) is 0 Å². The number of hydrogen-bond donors (Lipinski definition) is 2. The monoisotopic (exact) mass is 244 g/mol. The van der Waals surface area contributed by atoms with Gasteiger partial charge in [0.2, 0.25) is 0 Å². The summed E-state index contributed by atoms with van der Waals surface area (Å²) in [5.74, 6) is 0.539. The molecule has 0 fully saturated rings.